The molecule has 3 N–H and O–H groups in total. The van der Waals surface area contributed by atoms with Crippen LogP contribution in [0.3, 0.4) is 0 Å². The summed E-state index contributed by atoms with van der Waals surface area (Å²) >= 11 is 0. The van der Waals surface area contributed by atoms with Gasteiger partial charge in [0.25, 0.3) is 5.69 Å². The van der Waals surface area contributed by atoms with E-state index in [-0.39, 0.29) is 54.9 Å². The van der Waals surface area contributed by atoms with E-state index in [1.807, 2.05) is 0 Å². The minimum absolute atomic E-state index is 0.126. The maximum absolute atomic E-state index is 11.5. The fourth-order valence-corrected chi connectivity index (χ4v) is 2.16. The van der Waals surface area contributed by atoms with Crippen LogP contribution in [0.25, 0.3) is 0 Å². The van der Waals surface area contributed by atoms with E-state index in [2.05, 4.69) is 10.1 Å². The van der Waals surface area contributed by atoms with Crippen molar-refractivity contribution in [1.82, 2.24) is 5.32 Å². The van der Waals surface area contributed by atoms with Crippen LogP contribution in [0.2, 0.25) is 0 Å². The number of rotatable bonds is 12. The Hall–Kier alpha value is -3.08. The highest BCUT2D eigenvalue weighted by Crippen LogP contribution is 2.35. The fourth-order valence-electron chi connectivity index (χ4n) is 2.16. The highest BCUT2D eigenvalue weighted by atomic mass is 16.7. The molecule has 0 aromatic heterocycles. The number of ether oxygens (including phenoxy) is 4. The van der Waals surface area contributed by atoms with E-state index in [1.165, 1.54) is 19.2 Å². The molecule has 0 aliphatic rings. The van der Waals surface area contributed by atoms with Crippen molar-refractivity contribution in [2.24, 2.45) is 5.73 Å². The molecule has 0 atom stereocenters. The number of nitrogens with one attached hydrogen (secondary N) is 1. The molecular weight excluding hydrogens is 374 g/mol. The minimum Gasteiger partial charge on any atom is -0.493 e. The van der Waals surface area contributed by atoms with Crippen LogP contribution in [0.4, 0.5) is 10.5 Å². The standard InChI is InChI=1S/C17H25N3O8/c1-3-26-17(22)28-11-12-9-14(25-2)15(10-13(12)20(23)24)27-8-4-5-16(21)19-7-6-18/h9-10H,3-8,11,18H2,1-2H3,(H,19,21). The number of hydrogen-bond acceptors (Lipinski definition) is 9. The Morgan fingerprint density at radius 2 is 2.00 bits per heavy atom. The zero-order valence-electron chi connectivity index (χ0n) is 15.9. The molecule has 0 unspecified atom stereocenters. The summed E-state index contributed by atoms with van der Waals surface area (Å²) in [5, 5.41) is 14.0. The lowest BCUT2D eigenvalue weighted by atomic mass is 10.1. The molecule has 0 saturated carbocycles. The summed E-state index contributed by atoms with van der Waals surface area (Å²) in [6.07, 6.45) is -0.291. The summed E-state index contributed by atoms with van der Waals surface area (Å²) in [4.78, 5) is 33.5. The monoisotopic (exact) mass is 399 g/mol. The van der Waals surface area contributed by atoms with Gasteiger partial charge in [-0.2, -0.15) is 0 Å². The molecule has 0 fully saturated rings. The van der Waals surface area contributed by atoms with Crippen LogP contribution in [0.1, 0.15) is 25.3 Å². The van der Waals surface area contributed by atoms with E-state index in [0.717, 1.165) is 0 Å². The van der Waals surface area contributed by atoms with Crippen molar-refractivity contribution in [3.8, 4) is 11.5 Å². The number of amides is 1. The van der Waals surface area contributed by atoms with Crippen LogP contribution < -0.4 is 20.5 Å². The van der Waals surface area contributed by atoms with Gasteiger partial charge in [-0.15, -0.1) is 0 Å². The second-order valence-corrected chi connectivity index (χ2v) is 5.45. The fraction of sp³-hybridized carbons (Fsp3) is 0.529. The van der Waals surface area contributed by atoms with Crippen molar-refractivity contribution in [3.63, 3.8) is 0 Å². The molecule has 0 saturated heterocycles. The van der Waals surface area contributed by atoms with E-state index in [9.17, 15) is 19.7 Å². The highest BCUT2D eigenvalue weighted by molar-refractivity contribution is 5.75. The molecule has 11 heteroatoms. The first kappa shape index (κ1) is 23.0. The Morgan fingerprint density at radius 1 is 1.25 bits per heavy atom. The van der Waals surface area contributed by atoms with Crippen molar-refractivity contribution in [3.05, 3.63) is 27.8 Å². The number of carbonyl (C=O) groups is 2. The summed E-state index contributed by atoms with van der Waals surface area (Å²) in [5.41, 5.74) is 5.14. The van der Waals surface area contributed by atoms with Gasteiger partial charge in [-0.1, -0.05) is 0 Å². The van der Waals surface area contributed by atoms with Crippen LogP contribution >= 0.6 is 0 Å². The highest BCUT2D eigenvalue weighted by Gasteiger charge is 2.21. The van der Waals surface area contributed by atoms with Gasteiger partial charge in [-0.05, 0) is 19.4 Å². The van der Waals surface area contributed by atoms with E-state index in [1.54, 1.807) is 6.92 Å². The van der Waals surface area contributed by atoms with E-state index in [0.29, 0.717) is 19.5 Å². The van der Waals surface area contributed by atoms with Gasteiger partial charge in [-0.3, -0.25) is 14.9 Å². The van der Waals surface area contributed by atoms with Gasteiger partial charge < -0.3 is 30.0 Å². The molecular formula is C17H25N3O8. The summed E-state index contributed by atoms with van der Waals surface area (Å²) < 4.78 is 20.2. The molecule has 156 valence electrons. The minimum atomic E-state index is -0.927. The lowest BCUT2D eigenvalue weighted by Crippen LogP contribution is -2.29. The SMILES string of the molecule is CCOC(=O)OCc1cc(OC)c(OCCCC(=O)NCCN)cc1[N+](=O)[O-]. The van der Waals surface area contributed by atoms with E-state index in [4.69, 9.17) is 19.9 Å². The predicted octanol–water partition coefficient (Wildman–Crippen LogP) is 1.51. The molecule has 1 aromatic carbocycles. The van der Waals surface area contributed by atoms with Gasteiger partial charge >= 0.3 is 6.16 Å². The zero-order chi connectivity index (χ0) is 20.9. The quantitative estimate of drug-likeness (QED) is 0.230. The molecule has 0 heterocycles. The molecule has 0 radical (unpaired) electrons. The number of carbonyl (C=O) groups excluding carboxylic acids is 2. The number of nitro benzene ring substituents is 1. The molecule has 1 amide bonds. The lowest BCUT2D eigenvalue weighted by molar-refractivity contribution is -0.385. The van der Waals surface area contributed by atoms with Gasteiger partial charge in [0.2, 0.25) is 5.91 Å². The third-order valence-corrected chi connectivity index (χ3v) is 3.44. The number of methoxy groups -OCH3 is 1. The zero-order valence-corrected chi connectivity index (χ0v) is 15.9. The third kappa shape index (κ3) is 7.66. The van der Waals surface area contributed by atoms with Crippen molar-refractivity contribution < 1.29 is 33.5 Å². The Balaban J connectivity index is 2.78. The van der Waals surface area contributed by atoms with Crippen molar-refractivity contribution in [2.75, 3.05) is 33.4 Å². The van der Waals surface area contributed by atoms with Crippen LogP contribution in [0.5, 0.6) is 11.5 Å². The average molecular weight is 399 g/mol. The molecule has 0 bridgehead atoms. The van der Waals surface area contributed by atoms with E-state index < -0.39 is 11.1 Å². The maximum atomic E-state index is 11.5. The van der Waals surface area contributed by atoms with Crippen molar-refractivity contribution in [1.29, 1.82) is 0 Å². The molecule has 0 aliphatic carbocycles. The lowest BCUT2D eigenvalue weighted by Gasteiger charge is -2.13. The van der Waals surface area contributed by atoms with Gasteiger partial charge in [0.15, 0.2) is 11.5 Å². The summed E-state index contributed by atoms with van der Waals surface area (Å²) in [6.45, 7) is 2.29. The Labute approximate surface area is 162 Å². The van der Waals surface area contributed by atoms with Gasteiger partial charge in [0.1, 0.15) is 6.61 Å². The molecule has 0 spiro atoms. The first-order valence-corrected chi connectivity index (χ1v) is 8.67. The number of hydrogen-bond donors (Lipinski definition) is 2. The molecule has 0 aliphatic heterocycles. The normalized spacial score (nSPS) is 10.1. The smallest absolute Gasteiger partial charge is 0.493 e. The van der Waals surface area contributed by atoms with Crippen LogP contribution in [0, 0.1) is 10.1 Å². The maximum Gasteiger partial charge on any atom is 0.508 e. The molecule has 1 aromatic rings. The second-order valence-electron chi connectivity index (χ2n) is 5.45. The second kappa shape index (κ2) is 12.3. The molecule has 28 heavy (non-hydrogen) atoms. The molecule has 1 rings (SSSR count). The topological polar surface area (TPSA) is 152 Å². The average Bonchev–Trinajstić information content (AvgIpc) is 2.67. The van der Waals surface area contributed by atoms with Gasteiger partial charge in [-0.25, -0.2) is 4.79 Å². The Bertz CT molecular complexity index is 681. The van der Waals surface area contributed by atoms with E-state index >= 15 is 0 Å². The summed E-state index contributed by atoms with van der Waals surface area (Å²) in [5.74, 6) is 0.232. The third-order valence-electron chi connectivity index (χ3n) is 3.44. The van der Waals surface area contributed by atoms with Gasteiger partial charge in [0, 0.05) is 19.5 Å². The molecule has 11 nitrogen and oxygen atoms in total. The number of nitro groups is 1. The van der Waals surface area contributed by atoms with Crippen molar-refractivity contribution >= 4 is 17.7 Å². The van der Waals surface area contributed by atoms with Crippen LogP contribution in [-0.2, 0) is 20.9 Å². The summed E-state index contributed by atoms with van der Waals surface area (Å²) in [6, 6.07) is 2.55. The van der Waals surface area contributed by atoms with Crippen LogP contribution in [-0.4, -0.2) is 50.4 Å². The number of nitrogens with zero attached hydrogens (tertiary/aromatic N) is 1. The first-order valence-electron chi connectivity index (χ1n) is 8.67. The number of benzene rings is 1. The van der Waals surface area contributed by atoms with Crippen LogP contribution in [0.15, 0.2) is 12.1 Å². The Morgan fingerprint density at radius 3 is 2.61 bits per heavy atom. The van der Waals surface area contributed by atoms with Gasteiger partial charge in [0.05, 0.1) is 36.9 Å². The number of nitrogens with two attached hydrogens (primary N) is 1. The predicted molar refractivity (Wildman–Crippen MR) is 98.3 cm³/mol. The largest absolute Gasteiger partial charge is 0.508 e. The summed E-state index contributed by atoms with van der Waals surface area (Å²) in [7, 11) is 1.38. The Kier molecular flexibility index (Phi) is 10.1. The van der Waals surface area contributed by atoms with Crippen molar-refractivity contribution in [2.45, 2.75) is 26.4 Å². The first-order chi connectivity index (χ1) is 13.4.